The lowest BCUT2D eigenvalue weighted by atomic mass is 9.96. The molecule has 5 heteroatoms. The smallest absolute Gasteiger partial charge is 0.243 e. The van der Waals surface area contributed by atoms with E-state index in [0.717, 1.165) is 22.7 Å². The second-order valence-corrected chi connectivity index (χ2v) is 6.61. The molecule has 0 aliphatic carbocycles. The molecule has 120 valence electrons. The first kappa shape index (κ1) is 16.5. The normalized spacial score (nSPS) is 13.2. The Morgan fingerprint density at radius 1 is 1.32 bits per heavy atom. The molecule has 0 spiro atoms. The molecule has 0 saturated carbocycles. The maximum Gasteiger partial charge on any atom is 0.243 e. The maximum atomic E-state index is 5.36. The van der Waals surface area contributed by atoms with Gasteiger partial charge in [0.15, 0.2) is 5.82 Å². The van der Waals surface area contributed by atoms with Crippen molar-refractivity contribution < 1.29 is 9.26 Å². The molecular weight excluding hydrogens is 278 g/mol. The van der Waals surface area contributed by atoms with Crippen molar-refractivity contribution in [2.24, 2.45) is 0 Å². The molecule has 1 atom stereocenters. The number of aryl methyl sites for hydroxylation is 1. The highest BCUT2D eigenvalue weighted by Gasteiger charge is 2.22. The SMILES string of the molecule is COc1cc(CNC(C)c2nc(C(C)(C)C)no2)ccc1C. The van der Waals surface area contributed by atoms with Crippen LogP contribution in [0.15, 0.2) is 22.7 Å². The Morgan fingerprint density at radius 2 is 2.05 bits per heavy atom. The molecule has 0 aliphatic rings. The predicted molar refractivity (Wildman–Crippen MR) is 86.0 cm³/mol. The zero-order valence-electron chi connectivity index (χ0n) is 14.2. The van der Waals surface area contributed by atoms with Crippen molar-refractivity contribution in [1.29, 1.82) is 0 Å². The molecule has 22 heavy (non-hydrogen) atoms. The molecule has 0 fully saturated rings. The molecule has 2 rings (SSSR count). The van der Waals surface area contributed by atoms with Gasteiger partial charge in [0, 0.05) is 12.0 Å². The van der Waals surface area contributed by atoms with E-state index in [1.807, 2.05) is 19.9 Å². The van der Waals surface area contributed by atoms with Crippen LogP contribution in [0.4, 0.5) is 0 Å². The number of aromatic nitrogens is 2. The Morgan fingerprint density at radius 3 is 2.64 bits per heavy atom. The zero-order chi connectivity index (χ0) is 16.3. The van der Waals surface area contributed by atoms with E-state index in [-0.39, 0.29) is 11.5 Å². The largest absolute Gasteiger partial charge is 0.496 e. The van der Waals surface area contributed by atoms with Gasteiger partial charge in [0.25, 0.3) is 0 Å². The summed E-state index contributed by atoms with van der Waals surface area (Å²) in [6.45, 7) is 11.0. The summed E-state index contributed by atoms with van der Waals surface area (Å²) in [5.41, 5.74) is 2.18. The van der Waals surface area contributed by atoms with Crippen LogP contribution >= 0.6 is 0 Å². The van der Waals surface area contributed by atoms with Crippen molar-refractivity contribution in [1.82, 2.24) is 15.5 Å². The standard InChI is InChI=1S/C17H25N3O2/c1-11-7-8-13(9-14(11)21-6)10-18-12(2)15-19-16(20-22-15)17(3,4)5/h7-9,12,18H,10H2,1-6H3. The van der Waals surface area contributed by atoms with Crippen LogP contribution in [0.25, 0.3) is 0 Å². The number of hydrogen-bond acceptors (Lipinski definition) is 5. The molecule has 0 saturated heterocycles. The van der Waals surface area contributed by atoms with E-state index in [9.17, 15) is 0 Å². The third-order valence-electron chi connectivity index (χ3n) is 3.57. The summed E-state index contributed by atoms with van der Waals surface area (Å²) in [5.74, 6) is 2.25. The van der Waals surface area contributed by atoms with Gasteiger partial charge in [-0.2, -0.15) is 4.98 Å². The molecule has 0 radical (unpaired) electrons. The molecule has 0 aliphatic heterocycles. The highest BCUT2D eigenvalue weighted by atomic mass is 16.5. The van der Waals surface area contributed by atoms with E-state index in [1.165, 1.54) is 0 Å². The minimum absolute atomic E-state index is 0.00380. The monoisotopic (exact) mass is 303 g/mol. The molecule has 1 heterocycles. The maximum absolute atomic E-state index is 5.36. The fraction of sp³-hybridized carbons (Fsp3) is 0.529. The van der Waals surface area contributed by atoms with E-state index >= 15 is 0 Å². The first-order valence-corrected chi connectivity index (χ1v) is 7.52. The van der Waals surface area contributed by atoms with Gasteiger partial charge in [-0.1, -0.05) is 38.1 Å². The lowest BCUT2D eigenvalue weighted by molar-refractivity contribution is 0.330. The van der Waals surface area contributed by atoms with Crippen LogP contribution in [0, 0.1) is 6.92 Å². The Hall–Kier alpha value is -1.88. The van der Waals surface area contributed by atoms with Crippen LogP contribution in [0.3, 0.4) is 0 Å². The third kappa shape index (κ3) is 3.85. The summed E-state index contributed by atoms with van der Waals surface area (Å²) >= 11 is 0. The number of nitrogens with one attached hydrogen (secondary N) is 1. The van der Waals surface area contributed by atoms with Crippen molar-refractivity contribution >= 4 is 0 Å². The zero-order valence-corrected chi connectivity index (χ0v) is 14.2. The number of benzene rings is 1. The summed E-state index contributed by atoms with van der Waals surface area (Å²) < 4.78 is 10.7. The van der Waals surface area contributed by atoms with E-state index in [1.54, 1.807) is 7.11 Å². The molecule has 2 aromatic rings. The summed E-state index contributed by atoms with van der Waals surface area (Å²) in [6.07, 6.45) is 0. The third-order valence-corrected chi connectivity index (χ3v) is 3.57. The van der Waals surface area contributed by atoms with Crippen LogP contribution in [-0.4, -0.2) is 17.3 Å². The van der Waals surface area contributed by atoms with E-state index in [4.69, 9.17) is 9.26 Å². The average Bonchev–Trinajstić information content (AvgIpc) is 2.96. The van der Waals surface area contributed by atoms with Crippen molar-refractivity contribution in [3.63, 3.8) is 0 Å². The van der Waals surface area contributed by atoms with Crippen LogP contribution in [0.2, 0.25) is 0 Å². The van der Waals surface area contributed by atoms with Crippen molar-refractivity contribution in [2.75, 3.05) is 7.11 Å². The minimum atomic E-state index is -0.105. The second kappa shape index (κ2) is 6.48. The molecular formula is C17H25N3O2. The van der Waals surface area contributed by atoms with Crippen molar-refractivity contribution in [3.05, 3.63) is 41.0 Å². The van der Waals surface area contributed by atoms with Gasteiger partial charge in [0.1, 0.15) is 5.75 Å². The molecule has 1 aromatic heterocycles. The van der Waals surface area contributed by atoms with Crippen molar-refractivity contribution in [2.45, 2.75) is 52.6 Å². The summed E-state index contributed by atoms with van der Waals surface area (Å²) in [7, 11) is 1.69. The molecule has 1 aromatic carbocycles. The van der Waals surface area contributed by atoms with Gasteiger partial charge in [-0.15, -0.1) is 0 Å². The highest BCUT2D eigenvalue weighted by molar-refractivity contribution is 5.36. The quantitative estimate of drug-likeness (QED) is 0.915. The fourth-order valence-corrected chi connectivity index (χ4v) is 2.05. The van der Waals surface area contributed by atoms with E-state index in [0.29, 0.717) is 12.4 Å². The van der Waals surface area contributed by atoms with Crippen LogP contribution < -0.4 is 10.1 Å². The van der Waals surface area contributed by atoms with E-state index in [2.05, 4.69) is 48.4 Å². The van der Waals surface area contributed by atoms with Gasteiger partial charge >= 0.3 is 0 Å². The topological polar surface area (TPSA) is 60.2 Å². The van der Waals surface area contributed by atoms with Crippen LogP contribution in [-0.2, 0) is 12.0 Å². The minimum Gasteiger partial charge on any atom is -0.496 e. The number of nitrogens with zero attached hydrogens (tertiary/aromatic N) is 2. The van der Waals surface area contributed by atoms with Crippen LogP contribution in [0.5, 0.6) is 5.75 Å². The van der Waals surface area contributed by atoms with Gasteiger partial charge in [0.2, 0.25) is 5.89 Å². The highest BCUT2D eigenvalue weighted by Crippen LogP contribution is 2.22. The Labute approximate surface area is 132 Å². The molecule has 0 amide bonds. The lowest BCUT2D eigenvalue weighted by Gasteiger charge is -2.12. The van der Waals surface area contributed by atoms with Gasteiger partial charge in [-0.25, -0.2) is 0 Å². The number of methoxy groups -OCH3 is 1. The van der Waals surface area contributed by atoms with Gasteiger partial charge in [-0.05, 0) is 31.0 Å². The summed E-state index contributed by atoms with van der Waals surface area (Å²) in [6, 6.07) is 6.19. The van der Waals surface area contributed by atoms with Gasteiger partial charge in [0.05, 0.1) is 13.2 Å². The number of hydrogen-bond donors (Lipinski definition) is 1. The van der Waals surface area contributed by atoms with Gasteiger partial charge in [-0.3, -0.25) is 0 Å². The fourth-order valence-electron chi connectivity index (χ4n) is 2.05. The molecule has 1 N–H and O–H groups in total. The van der Waals surface area contributed by atoms with Crippen LogP contribution in [0.1, 0.15) is 56.6 Å². The Kier molecular flexibility index (Phi) is 4.86. The molecule has 5 nitrogen and oxygen atoms in total. The number of ether oxygens (including phenoxy) is 1. The average molecular weight is 303 g/mol. The Bertz CT molecular complexity index is 629. The first-order chi connectivity index (χ1) is 10.3. The molecule has 0 bridgehead atoms. The van der Waals surface area contributed by atoms with E-state index < -0.39 is 0 Å². The van der Waals surface area contributed by atoms with Gasteiger partial charge < -0.3 is 14.6 Å². The summed E-state index contributed by atoms with van der Waals surface area (Å²) in [4.78, 5) is 4.48. The summed E-state index contributed by atoms with van der Waals surface area (Å²) in [5, 5.41) is 7.46. The lowest BCUT2D eigenvalue weighted by Crippen LogP contribution is -2.19. The first-order valence-electron chi connectivity index (χ1n) is 7.52. The second-order valence-electron chi connectivity index (χ2n) is 6.61. The number of rotatable bonds is 5. The van der Waals surface area contributed by atoms with Crippen molar-refractivity contribution in [3.8, 4) is 5.75 Å². The Balaban J connectivity index is 2.01. The molecule has 1 unspecified atom stereocenters. The predicted octanol–water partition coefficient (Wildman–Crippen LogP) is 3.53.